The normalized spacial score (nSPS) is 33.4. The summed E-state index contributed by atoms with van der Waals surface area (Å²) < 4.78 is 45.2. The van der Waals surface area contributed by atoms with Gasteiger partial charge in [-0.25, -0.2) is 0 Å². The van der Waals surface area contributed by atoms with E-state index in [2.05, 4.69) is 23.7 Å². The highest BCUT2D eigenvalue weighted by Crippen LogP contribution is 2.49. The number of carbonyl (C=O) groups is 1. The van der Waals surface area contributed by atoms with E-state index < -0.39 is 17.2 Å². The molecule has 5 nitrogen and oxygen atoms in total. The number of alkyl halides is 3. The molecule has 3 aliphatic heterocycles. The van der Waals surface area contributed by atoms with Crippen LogP contribution in [0.15, 0.2) is 12.3 Å². The Kier molecular flexibility index (Phi) is 5.09. The fraction of sp³-hybridized carbons (Fsp3) is 0.739. The Hall–Kier alpha value is -1.67. The molecular weight excluding hydrogens is 407 g/mol. The van der Waals surface area contributed by atoms with Crippen LogP contribution in [0.2, 0.25) is 0 Å². The standard InChI is InChI=1S/C23H30F3N3O2/c1-14(2)22(5-3-17(9-22)29-12-19-8-18(29)13-31-19)21(30)28-6-4-20-15(11-28)7-16(10-27-20)23(24,25)26/h7,10,14,17-19H,3-6,8-9,11-13H2,1-2H3/t17-,18+,19-,22-/m0/s1. The van der Waals surface area contributed by atoms with Gasteiger partial charge in [0.1, 0.15) is 0 Å². The Morgan fingerprint density at radius 3 is 2.77 bits per heavy atom. The van der Waals surface area contributed by atoms with Crippen LogP contribution >= 0.6 is 0 Å². The fourth-order valence-corrected chi connectivity index (χ4v) is 6.24. The highest BCUT2D eigenvalue weighted by molar-refractivity contribution is 5.83. The van der Waals surface area contributed by atoms with Gasteiger partial charge in [0.15, 0.2) is 0 Å². The molecule has 4 heterocycles. The molecule has 31 heavy (non-hydrogen) atoms. The zero-order valence-electron chi connectivity index (χ0n) is 18.1. The van der Waals surface area contributed by atoms with Gasteiger partial charge in [0.25, 0.3) is 0 Å². The number of hydrogen-bond donors (Lipinski definition) is 0. The first-order chi connectivity index (χ1) is 14.7. The van der Waals surface area contributed by atoms with E-state index in [1.165, 1.54) is 6.07 Å². The maximum atomic E-state index is 13.8. The molecule has 1 amide bonds. The zero-order valence-corrected chi connectivity index (χ0v) is 18.1. The van der Waals surface area contributed by atoms with Crippen molar-refractivity contribution >= 4 is 5.91 Å². The second-order valence-corrected chi connectivity index (χ2v) is 10.1. The molecule has 1 saturated carbocycles. The molecule has 1 aromatic heterocycles. The van der Waals surface area contributed by atoms with Crippen LogP contribution < -0.4 is 0 Å². The maximum Gasteiger partial charge on any atom is 0.417 e. The molecule has 1 aliphatic carbocycles. The number of ether oxygens (including phenoxy) is 1. The van der Waals surface area contributed by atoms with Crippen LogP contribution in [0.1, 0.15) is 56.4 Å². The van der Waals surface area contributed by atoms with Gasteiger partial charge in [0.05, 0.1) is 23.7 Å². The summed E-state index contributed by atoms with van der Waals surface area (Å²) in [5, 5.41) is 0. The monoisotopic (exact) mass is 437 g/mol. The SMILES string of the molecule is CC(C)[C@]1(C(=O)N2CCc3ncc(C(F)(F)F)cc3C2)CC[C@H](N2C[C@@H]3C[C@@H]2CO3)C1. The van der Waals surface area contributed by atoms with Crippen molar-refractivity contribution in [2.24, 2.45) is 11.3 Å². The summed E-state index contributed by atoms with van der Waals surface area (Å²) in [6.45, 7) is 6.71. The van der Waals surface area contributed by atoms with Crippen LogP contribution in [0.4, 0.5) is 13.2 Å². The summed E-state index contributed by atoms with van der Waals surface area (Å²) in [6.07, 6.45) is 1.08. The lowest BCUT2D eigenvalue weighted by Gasteiger charge is -2.40. The Labute approximate surface area is 180 Å². The van der Waals surface area contributed by atoms with Crippen molar-refractivity contribution in [1.82, 2.24) is 14.8 Å². The quantitative estimate of drug-likeness (QED) is 0.724. The van der Waals surface area contributed by atoms with Gasteiger partial charge in [-0.1, -0.05) is 13.8 Å². The highest BCUT2D eigenvalue weighted by atomic mass is 19.4. The molecule has 3 fully saturated rings. The van der Waals surface area contributed by atoms with E-state index >= 15 is 0 Å². The van der Waals surface area contributed by atoms with Crippen molar-refractivity contribution in [2.75, 3.05) is 19.7 Å². The summed E-state index contributed by atoms with van der Waals surface area (Å²) in [6, 6.07) is 2.03. The molecule has 2 saturated heterocycles. The van der Waals surface area contributed by atoms with E-state index in [1.54, 1.807) is 4.90 Å². The first-order valence-electron chi connectivity index (χ1n) is 11.4. The predicted molar refractivity (Wildman–Crippen MR) is 108 cm³/mol. The smallest absolute Gasteiger partial charge is 0.375 e. The summed E-state index contributed by atoms with van der Waals surface area (Å²) >= 11 is 0. The molecule has 170 valence electrons. The first kappa shape index (κ1) is 21.2. The number of carbonyl (C=O) groups excluding carboxylic acids is 1. The van der Waals surface area contributed by atoms with Crippen molar-refractivity contribution in [3.8, 4) is 0 Å². The second kappa shape index (κ2) is 7.44. The van der Waals surface area contributed by atoms with Gasteiger partial charge in [-0.15, -0.1) is 0 Å². The van der Waals surface area contributed by atoms with E-state index in [9.17, 15) is 18.0 Å². The van der Waals surface area contributed by atoms with Crippen LogP contribution in [0.3, 0.4) is 0 Å². The minimum atomic E-state index is -4.43. The zero-order chi connectivity index (χ0) is 22.0. The van der Waals surface area contributed by atoms with E-state index in [0.717, 1.165) is 45.0 Å². The lowest BCUT2D eigenvalue weighted by atomic mass is 9.73. The number of nitrogens with zero attached hydrogens (tertiary/aromatic N) is 3. The molecule has 0 radical (unpaired) electrons. The molecule has 0 unspecified atom stereocenters. The highest BCUT2D eigenvalue weighted by Gasteiger charge is 2.53. The Balaban J connectivity index is 1.35. The molecule has 4 atom stereocenters. The van der Waals surface area contributed by atoms with E-state index in [4.69, 9.17) is 4.74 Å². The summed E-state index contributed by atoms with van der Waals surface area (Å²) in [4.78, 5) is 22.2. The van der Waals surface area contributed by atoms with Crippen molar-refractivity contribution in [3.63, 3.8) is 0 Å². The van der Waals surface area contributed by atoms with Crippen molar-refractivity contribution in [1.29, 1.82) is 0 Å². The van der Waals surface area contributed by atoms with Gasteiger partial charge in [-0.05, 0) is 43.2 Å². The van der Waals surface area contributed by atoms with Gasteiger partial charge in [-0.3, -0.25) is 14.7 Å². The third kappa shape index (κ3) is 3.55. The van der Waals surface area contributed by atoms with Gasteiger partial charge in [0, 0.05) is 50.0 Å². The van der Waals surface area contributed by atoms with E-state index in [-0.39, 0.29) is 18.4 Å². The lowest BCUT2D eigenvalue weighted by molar-refractivity contribution is -0.146. The van der Waals surface area contributed by atoms with Crippen LogP contribution in [-0.4, -0.2) is 58.6 Å². The number of halogens is 3. The number of morpholine rings is 1. The van der Waals surface area contributed by atoms with E-state index in [0.29, 0.717) is 42.4 Å². The van der Waals surface area contributed by atoms with Crippen LogP contribution in [0.25, 0.3) is 0 Å². The van der Waals surface area contributed by atoms with E-state index in [1.807, 2.05) is 0 Å². The third-order valence-corrected chi connectivity index (χ3v) is 8.12. The predicted octanol–water partition coefficient (Wildman–Crippen LogP) is 3.65. The van der Waals surface area contributed by atoms with Gasteiger partial charge in [-0.2, -0.15) is 13.2 Å². The van der Waals surface area contributed by atoms with Gasteiger partial charge in [0.2, 0.25) is 5.91 Å². The molecule has 2 bridgehead atoms. The number of aromatic nitrogens is 1. The molecule has 4 aliphatic rings. The molecule has 5 rings (SSSR count). The fourth-order valence-electron chi connectivity index (χ4n) is 6.24. The van der Waals surface area contributed by atoms with Crippen molar-refractivity contribution < 1.29 is 22.7 Å². The topological polar surface area (TPSA) is 45.7 Å². The second-order valence-electron chi connectivity index (χ2n) is 10.1. The molecule has 0 N–H and O–H groups in total. The van der Waals surface area contributed by atoms with Crippen LogP contribution in [0.5, 0.6) is 0 Å². The Morgan fingerprint density at radius 2 is 2.13 bits per heavy atom. The molecular formula is C23H30F3N3O2. The van der Waals surface area contributed by atoms with Crippen LogP contribution in [0, 0.1) is 11.3 Å². The largest absolute Gasteiger partial charge is 0.417 e. The molecule has 1 aromatic rings. The average molecular weight is 438 g/mol. The summed E-state index contributed by atoms with van der Waals surface area (Å²) in [5.41, 5.74) is 0.0104. The number of hydrogen-bond acceptors (Lipinski definition) is 4. The van der Waals surface area contributed by atoms with Gasteiger partial charge < -0.3 is 9.64 Å². The number of fused-ring (bicyclic) bond motifs is 3. The minimum absolute atomic E-state index is 0.105. The van der Waals surface area contributed by atoms with Crippen LogP contribution in [-0.2, 0) is 28.7 Å². The Bertz CT molecular complexity index is 874. The average Bonchev–Trinajstić information content (AvgIpc) is 3.47. The number of amides is 1. The third-order valence-electron chi connectivity index (χ3n) is 8.12. The van der Waals surface area contributed by atoms with Crippen molar-refractivity contribution in [3.05, 3.63) is 29.1 Å². The van der Waals surface area contributed by atoms with Crippen molar-refractivity contribution in [2.45, 2.75) is 76.9 Å². The number of rotatable bonds is 3. The van der Waals surface area contributed by atoms with Gasteiger partial charge >= 0.3 is 6.18 Å². The molecule has 8 heteroatoms. The molecule has 0 spiro atoms. The summed E-state index contributed by atoms with van der Waals surface area (Å²) in [5.74, 6) is 0.288. The number of pyridine rings is 1. The minimum Gasteiger partial charge on any atom is -0.375 e. The Morgan fingerprint density at radius 1 is 1.32 bits per heavy atom. The number of likely N-dealkylation sites (tertiary alicyclic amines) is 1. The maximum absolute atomic E-state index is 13.8. The molecule has 0 aromatic carbocycles. The lowest BCUT2D eigenvalue weighted by Crippen LogP contribution is -2.49. The summed E-state index contributed by atoms with van der Waals surface area (Å²) in [7, 11) is 0. The first-order valence-corrected chi connectivity index (χ1v) is 11.4.